The first kappa shape index (κ1) is 19.1. The Bertz CT molecular complexity index is 694. The predicted molar refractivity (Wildman–Crippen MR) is 95.3 cm³/mol. The molecule has 0 aromatic heterocycles. The molecule has 2 atom stereocenters. The van der Waals surface area contributed by atoms with Crippen molar-refractivity contribution in [1.82, 2.24) is 9.80 Å². The number of rotatable bonds is 5. The standard InChI is InChI=1S/C18H23N3O6/c1-13(27-15-6-4-14(5-7-15)21(24)25)17(22)19-8-10-20(11-9-19)18(23)16-3-2-12-26-16/h4-7,13,16H,2-3,8-12H2,1H3. The van der Waals surface area contributed by atoms with E-state index in [0.29, 0.717) is 38.5 Å². The van der Waals surface area contributed by atoms with E-state index >= 15 is 0 Å². The molecule has 0 N–H and O–H groups in total. The number of piperazine rings is 1. The summed E-state index contributed by atoms with van der Waals surface area (Å²) in [5.74, 6) is 0.237. The van der Waals surface area contributed by atoms with E-state index in [4.69, 9.17) is 9.47 Å². The SMILES string of the molecule is CC(Oc1ccc([N+](=O)[O-])cc1)C(=O)N1CCN(C(=O)C2CCCO2)CC1. The van der Waals surface area contributed by atoms with Gasteiger partial charge in [-0.15, -0.1) is 0 Å². The Labute approximate surface area is 157 Å². The summed E-state index contributed by atoms with van der Waals surface area (Å²) in [5.41, 5.74) is -0.0339. The van der Waals surface area contributed by atoms with Gasteiger partial charge in [0, 0.05) is 44.9 Å². The topological polar surface area (TPSA) is 102 Å². The van der Waals surface area contributed by atoms with Crippen LogP contribution < -0.4 is 4.74 Å². The second-order valence-corrected chi connectivity index (χ2v) is 6.66. The summed E-state index contributed by atoms with van der Waals surface area (Å²) >= 11 is 0. The molecule has 0 aliphatic carbocycles. The first-order valence-electron chi connectivity index (χ1n) is 9.06. The number of benzene rings is 1. The van der Waals surface area contributed by atoms with Gasteiger partial charge in [0.2, 0.25) is 0 Å². The van der Waals surface area contributed by atoms with Crippen LogP contribution in [0.5, 0.6) is 5.75 Å². The summed E-state index contributed by atoms with van der Waals surface area (Å²) < 4.78 is 11.0. The van der Waals surface area contributed by atoms with Crippen molar-refractivity contribution < 1.29 is 24.0 Å². The number of ether oxygens (including phenoxy) is 2. The number of carbonyl (C=O) groups excluding carboxylic acids is 2. The lowest BCUT2D eigenvalue weighted by molar-refractivity contribution is -0.384. The van der Waals surface area contributed by atoms with Gasteiger partial charge in [-0.25, -0.2) is 0 Å². The van der Waals surface area contributed by atoms with Crippen LogP contribution in [0.4, 0.5) is 5.69 Å². The van der Waals surface area contributed by atoms with E-state index < -0.39 is 11.0 Å². The Hall–Kier alpha value is -2.68. The molecule has 3 rings (SSSR count). The highest BCUT2D eigenvalue weighted by molar-refractivity contribution is 5.83. The minimum absolute atomic E-state index is 0.00905. The van der Waals surface area contributed by atoms with Crippen molar-refractivity contribution in [2.45, 2.75) is 32.0 Å². The Morgan fingerprint density at radius 2 is 1.81 bits per heavy atom. The van der Waals surface area contributed by atoms with E-state index in [1.807, 2.05) is 0 Å². The number of nitrogens with zero attached hydrogens (tertiary/aromatic N) is 3. The van der Waals surface area contributed by atoms with E-state index in [0.717, 1.165) is 12.8 Å². The number of hydrogen-bond donors (Lipinski definition) is 0. The Morgan fingerprint density at radius 3 is 2.37 bits per heavy atom. The maximum Gasteiger partial charge on any atom is 0.269 e. The largest absolute Gasteiger partial charge is 0.481 e. The molecule has 27 heavy (non-hydrogen) atoms. The molecule has 0 bridgehead atoms. The predicted octanol–water partition coefficient (Wildman–Crippen LogP) is 1.21. The fourth-order valence-corrected chi connectivity index (χ4v) is 3.28. The van der Waals surface area contributed by atoms with E-state index in [1.54, 1.807) is 16.7 Å². The normalized spacial score (nSPS) is 21.0. The molecule has 2 unspecified atom stereocenters. The van der Waals surface area contributed by atoms with Crippen molar-refractivity contribution >= 4 is 17.5 Å². The van der Waals surface area contributed by atoms with Crippen molar-refractivity contribution in [1.29, 1.82) is 0 Å². The van der Waals surface area contributed by atoms with Crippen molar-refractivity contribution in [3.05, 3.63) is 34.4 Å². The van der Waals surface area contributed by atoms with E-state index in [2.05, 4.69) is 0 Å². The van der Waals surface area contributed by atoms with Gasteiger partial charge in [0.15, 0.2) is 6.10 Å². The minimum atomic E-state index is -0.716. The summed E-state index contributed by atoms with van der Waals surface area (Å²) in [5, 5.41) is 10.7. The second kappa shape index (κ2) is 8.34. The highest BCUT2D eigenvalue weighted by Gasteiger charge is 2.32. The summed E-state index contributed by atoms with van der Waals surface area (Å²) in [4.78, 5) is 38.5. The van der Waals surface area contributed by atoms with Gasteiger partial charge < -0.3 is 19.3 Å². The number of nitro benzene ring substituents is 1. The van der Waals surface area contributed by atoms with Gasteiger partial charge in [-0.1, -0.05) is 0 Å². The van der Waals surface area contributed by atoms with Crippen LogP contribution >= 0.6 is 0 Å². The van der Waals surface area contributed by atoms with Gasteiger partial charge in [0.1, 0.15) is 11.9 Å². The zero-order valence-electron chi connectivity index (χ0n) is 15.2. The molecule has 146 valence electrons. The molecule has 2 fully saturated rings. The molecule has 9 heteroatoms. The summed E-state index contributed by atoms with van der Waals surface area (Å²) in [7, 11) is 0. The Kier molecular flexibility index (Phi) is 5.90. The van der Waals surface area contributed by atoms with Gasteiger partial charge in [-0.05, 0) is 31.9 Å². The maximum atomic E-state index is 12.6. The van der Waals surface area contributed by atoms with E-state index in [9.17, 15) is 19.7 Å². The lowest BCUT2D eigenvalue weighted by atomic mass is 10.2. The summed E-state index contributed by atoms with van der Waals surface area (Å²) in [6.07, 6.45) is 0.619. The van der Waals surface area contributed by atoms with Gasteiger partial charge in [-0.3, -0.25) is 19.7 Å². The van der Waals surface area contributed by atoms with Crippen molar-refractivity contribution in [2.75, 3.05) is 32.8 Å². The molecule has 2 aliphatic rings. The van der Waals surface area contributed by atoms with Crippen LogP contribution in [0.25, 0.3) is 0 Å². The summed E-state index contributed by atoms with van der Waals surface area (Å²) in [6.45, 7) is 4.14. The molecule has 9 nitrogen and oxygen atoms in total. The molecule has 2 saturated heterocycles. The molecule has 2 amide bonds. The van der Waals surface area contributed by atoms with Gasteiger partial charge in [-0.2, -0.15) is 0 Å². The maximum absolute atomic E-state index is 12.6. The molecular weight excluding hydrogens is 354 g/mol. The minimum Gasteiger partial charge on any atom is -0.481 e. The van der Waals surface area contributed by atoms with Crippen molar-refractivity contribution in [2.24, 2.45) is 0 Å². The Balaban J connectivity index is 1.49. The average Bonchev–Trinajstić information content (AvgIpc) is 3.22. The lowest BCUT2D eigenvalue weighted by Crippen LogP contribution is -2.54. The van der Waals surface area contributed by atoms with Crippen LogP contribution in [0.3, 0.4) is 0 Å². The third kappa shape index (κ3) is 4.54. The average molecular weight is 377 g/mol. The molecule has 0 spiro atoms. The number of amides is 2. The molecule has 0 saturated carbocycles. The van der Waals surface area contributed by atoms with Crippen LogP contribution in [0.15, 0.2) is 24.3 Å². The van der Waals surface area contributed by atoms with E-state index in [1.165, 1.54) is 24.3 Å². The quantitative estimate of drug-likeness (QED) is 0.565. The number of hydrogen-bond acceptors (Lipinski definition) is 6. The smallest absolute Gasteiger partial charge is 0.269 e. The molecule has 1 aromatic carbocycles. The third-order valence-corrected chi connectivity index (χ3v) is 4.82. The van der Waals surface area contributed by atoms with Crippen LogP contribution in [0.1, 0.15) is 19.8 Å². The molecule has 1 aromatic rings. The highest BCUT2D eigenvalue weighted by Crippen LogP contribution is 2.20. The first-order valence-corrected chi connectivity index (χ1v) is 9.06. The molecule has 2 heterocycles. The molecule has 0 radical (unpaired) electrons. The highest BCUT2D eigenvalue weighted by atomic mass is 16.6. The third-order valence-electron chi connectivity index (χ3n) is 4.82. The van der Waals surface area contributed by atoms with E-state index in [-0.39, 0.29) is 23.6 Å². The fraction of sp³-hybridized carbons (Fsp3) is 0.556. The Morgan fingerprint density at radius 1 is 1.19 bits per heavy atom. The lowest BCUT2D eigenvalue weighted by Gasteiger charge is -2.36. The van der Waals surface area contributed by atoms with Crippen molar-refractivity contribution in [3.63, 3.8) is 0 Å². The van der Waals surface area contributed by atoms with Crippen LogP contribution in [0.2, 0.25) is 0 Å². The number of nitro groups is 1. The van der Waals surface area contributed by atoms with Crippen molar-refractivity contribution in [3.8, 4) is 5.75 Å². The number of non-ortho nitro benzene ring substituents is 1. The molecular formula is C18H23N3O6. The number of carbonyl (C=O) groups is 2. The van der Waals surface area contributed by atoms with Gasteiger partial charge in [0.25, 0.3) is 17.5 Å². The van der Waals surface area contributed by atoms with Crippen LogP contribution in [-0.2, 0) is 14.3 Å². The monoisotopic (exact) mass is 377 g/mol. The zero-order valence-corrected chi connectivity index (χ0v) is 15.2. The summed E-state index contributed by atoms with van der Waals surface area (Å²) in [6, 6.07) is 5.62. The zero-order chi connectivity index (χ0) is 19.4. The molecule has 2 aliphatic heterocycles. The first-order chi connectivity index (χ1) is 13.0. The van der Waals surface area contributed by atoms with Gasteiger partial charge >= 0.3 is 0 Å². The van der Waals surface area contributed by atoms with Gasteiger partial charge in [0.05, 0.1) is 4.92 Å². The van der Waals surface area contributed by atoms with Crippen LogP contribution in [0, 0.1) is 10.1 Å². The van der Waals surface area contributed by atoms with Crippen LogP contribution in [-0.4, -0.2) is 71.5 Å². The second-order valence-electron chi connectivity index (χ2n) is 6.66. The fourth-order valence-electron chi connectivity index (χ4n) is 3.28.